The molecular weight excluding hydrogens is 363 g/mol. The highest BCUT2D eigenvalue weighted by Gasteiger charge is 2.18. The molecule has 2 rings (SSSR count). The van der Waals surface area contributed by atoms with Gasteiger partial charge in [0.15, 0.2) is 0 Å². The zero-order valence-electron chi connectivity index (χ0n) is 12.4. The number of hydrogen-bond donors (Lipinski definition) is 0. The van der Waals surface area contributed by atoms with Gasteiger partial charge < -0.3 is 9.57 Å². The molecule has 0 saturated carbocycles. The molecule has 0 spiro atoms. The molecule has 0 N–H and O–H groups in total. The van der Waals surface area contributed by atoms with Crippen LogP contribution in [0.4, 0.5) is 8.78 Å². The normalized spacial score (nSPS) is 11.3. The van der Waals surface area contributed by atoms with Crippen molar-refractivity contribution in [2.24, 2.45) is 5.16 Å². The highest BCUT2D eigenvalue weighted by atomic mass is 35.5. The second-order valence-corrected chi connectivity index (χ2v) is 5.51. The van der Waals surface area contributed by atoms with Crippen molar-refractivity contribution in [3.05, 3.63) is 63.6 Å². The molecule has 0 fully saturated rings. The van der Waals surface area contributed by atoms with Crippen LogP contribution in [0.25, 0.3) is 0 Å². The van der Waals surface area contributed by atoms with E-state index in [2.05, 4.69) is 9.99 Å². The van der Waals surface area contributed by atoms with Crippen molar-refractivity contribution >= 4 is 34.9 Å². The zero-order chi connectivity index (χ0) is 17.7. The largest absolute Gasteiger partial charge is 0.486 e. The van der Waals surface area contributed by atoms with Crippen LogP contribution in [0.3, 0.4) is 0 Å². The molecule has 0 radical (unpaired) electrons. The number of rotatable bonds is 5. The first-order chi connectivity index (χ1) is 11.4. The van der Waals surface area contributed by atoms with Gasteiger partial charge in [-0.05, 0) is 37.3 Å². The Labute approximate surface area is 146 Å². The number of carbonyl (C=O) groups excluding carboxylic acids is 1. The minimum atomic E-state index is -1.24. The summed E-state index contributed by atoms with van der Waals surface area (Å²) in [4.78, 5) is 16.2. The first-order valence-corrected chi connectivity index (χ1v) is 7.40. The predicted octanol–water partition coefficient (Wildman–Crippen LogP) is 4.88. The van der Waals surface area contributed by atoms with Crippen LogP contribution in [0, 0.1) is 11.6 Å². The number of hydrogen-bond acceptors (Lipinski definition) is 4. The molecule has 4 nitrogen and oxygen atoms in total. The summed E-state index contributed by atoms with van der Waals surface area (Å²) in [6, 6.07) is 7.70. The molecule has 8 heteroatoms. The fourth-order valence-corrected chi connectivity index (χ4v) is 2.12. The average Bonchev–Trinajstić information content (AvgIpc) is 2.52. The smallest absolute Gasteiger partial charge is 0.371 e. The van der Waals surface area contributed by atoms with Crippen molar-refractivity contribution in [3.8, 4) is 5.75 Å². The number of nitrogens with zero attached hydrogens (tertiary/aromatic N) is 1. The van der Waals surface area contributed by atoms with Gasteiger partial charge in [0.05, 0.1) is 10.7 Å². The highest BCUT2D eigenvalue weighted by Crippen LogP contribution is 2.27. The standard InChI is InChI=1S/C16H11Cl2F2NO3/c1-9(8-23-14-6-5-10(17)7-11(14)18)21-24-16(22)15-12(19)3-2-4-13(15)20/h2-7H,8H2,1H3. The molecule has 0 atom stereocenters. The van der Waals surface area contributed by atoms with Gasteiger partial charge in [-0.2, -0.15) is 0 Å². The van der Waals surface area contributed by atoms with Gasteiger partial charge >= 0.3 is 5.97 Å². The van der Waals surface area contributed by atoms with E-state index in [0.29, 0.717) is 15.8 Å². The molecule has 0 aliphatic heterocycles. The van der Waals surface area contributed by atoms with Gasteiger partial charge in [-0.25, -0.2) is 13.6 Å². The number of benzene rings is 2. The third-order valence-corrected chi connectivity index (χ3v) is 3.31. The fraction of sp³-hybridized carbons (Fsp3) is 0.125. The minimum Gasteiger partial charge on any atom is -0.486 e. The minimum absolute atomic E-state index is 0.0472. The lowest BCUT2D eigenvalue weighted by atomic mass is 10.2. The molecule has 0 heterocycles. The molecule has 2 aromatic carbocycles. The van der Waals surface area contributed by atoms with Crippen LogP contribution in [-0.4, -0.2) is 18.3 Å². The van der Waals surface area contributed by atoms with Crippen LogP contribution in [-0.2, 0) is 4.84 Å². The maximum Gasteiger partial charge on any atom is 0.371 e. The lowest BCUT2D eigenvalue weighted by Gasteiger charge is -2.07. The lowest BCUT2D eigenvalue weighted by Crippen LogP contribution is -2.12. The van der Waals surface area contributed by atoms with E-state index in [1.807, 2.05) is 0 Å². The summed E-state index contributed by atoms with van der Waals surface area (Å²) in [7, 11) is 0. The zero-order valence-corrected chi connectivity index (χ0v) is 13.9. The van der Waals surface area contributed by atoms with Crippen molar-refractivity contribution in [3.63, 3.8) is 0 Å². The van der Waals surface area contributed by atoms with E-state index in [9.17, 15) is 13.6 Å². The fourth-order valence-electron chi connectivity index (χ4n) is 1.66. The SMILES string of the molecule is CC(COc1ccc(Cl)cc1Cl)=NOC(=O)c1c(F)cccc1F. The van der Waals surface area contributed by atoms with E-state index in [0.717, 1.165) is 18.2 Å². The van der Waals surface area contributed by atoms with Gasteiger partial charge in [-0.15, -0.1) is 0 Å². The summed E-state index contributed by atoms with van der Waals surface area (Å²) < 4.78 is 32.2. The maximum absolute atomic E-state index is 13.4. The van der Waals surface area contributed by atoms with Gasteiger partial charge in [0, 0.05) is 5.02 Å². The lowest BCUT2D eigenvalue weighted by molar-refractivity contribution is 0.0502. The Morgan fingerprint density at radius 2 is 1.83 bits per heavy atom. The third-order valence-electron chi connectivity index (χ3n) is 2.78. The third kappa shape index (κ3) is 4.66. The number of ether oxygens (including phenoxy) is 1. The van der Waals surface area contributed by atoms with Crippen molar-refractivity contribution < 1.29 is 23.1 Å². The molecule has 0 amide bonds. The van der Waals surface area contributed by atoms with Crippen LogP contribution >= 0.6 is 23.2 Å². The molecule has 0 aliphatic rings. The second-order valence-electron chi connectivity index (χ2n) is 4.67. The van der Waals surface area contributed by atoms with Crippen molar-refractivity contribution in [2.75, 3.05) is 6.61 Å². The molecule has 0 saturated heterocycles. The first kappa shape index (κ1) is 18.2. The molecule has 0 bridgehead atoms. The van der Waals surface area contributed by atoms with Crippen molar-refractivity contribution in [1.29, 1.82) is 0 Å². The predicted molar refractivity (Wildman–Crippen MR) is 86.8 cm³/mol. The summed E-state index contributed by atoms with van der Waals surface area (Å²) in [5, 5.41) is 4.25. The average molecular weight is 374 g/mol. The topological polar surface area (TPSA) is 47.9 Å². The van der Waals surface area contributed by atoms with Gasteiger partial charge in [-0.1, -0.05) is 34.4 Å². The first-order valence-electron chi connectivity index (χ1n) is 6.65. The molecule has 0 unspecified atom stereocenters. The Hall–Kier alpha value is -2.18. The molecule has 0 aromatic heterocycles. The molecular formula is C16H11Cl2F2NO3. The highest BCUT2D eigenvalue weighted by molar-refractivity contribution is 6.35. The monoisotopic (exact) mass is 373 g/mol. The van der Waals surface area contributed by atoms with Crippen LogP contribution in [0.2, 0.25) is 10.0 Å². The molecule has 24 heavy (non-hydrogen) atoms. The van der Waals surface area contributed by atoms with E-state index in [-0.39, 0.29) is 12.3 Å². The Morgan fingerprint density at radius 3 is 2.46 bits per heavy atom. The Bertz CT molecular complexity index is 777. The quantitative estimate of drug-likeness (QED) is 0.426. The van der Waals surface area contributed by atoms with E-state index >= 15 is 0 Å². The summed E-state index contributed by atoms with van der Waals surface area (Å²) in [6.45, 7) is 1.46. The van der Waals surface area contributed by atoms with Gasteiger partial charge in [0.25, 0.3) is 0 Å². The van der Waals surface area contributed by atoms with Gasteiger partial charge in [-0.3, -0.25) is 0 Å². The van der Waals surface area contributed by atoms with Crippen LogP contribution in [0.15, 0.2) is 41.6 Å². The van der Waals surface area contributed by atoms with Crippen LogP contribution in [0.1, 0.15) is 17.3 Å². The number of oxime groups is 1. The Balaban J connectivity index is 1.97. The van der Waals surface area contributed by atoms with E-state index in [4.69, 9.17) is 27.9 Å². The van der Waals surface area contributed by atoms with E-state index in [1.165, 1.54) is 13.0 Å². The Kier molecular flexibility index (Phi) is 6.11. The number of halogens is 4. The molecule has 126 valence electrons. The summed E-state index contributed by atoms with van der Waals surface area (Å²) >= 11 is 11.7. The summed E-state index contributed by atoms with van der Waals surface area (Å²) in [6.07, 6.45) is 0. The Morgan fingerprint density at radius 1 is 1.17 bits per heavy atom. The maximum atomic E-state index is 13.4. The summed E-state index contributed by atoms with van der Waals surface area (Å²) in [5.74, 6) is -2.94. The number of carbonyl (C=O) groups is 1. The van der Waals surface area contributed by atoms with Crippen LogP contribution < -0.4 is 4.74 Å². The molecule has 2 aromatic rings. The summed E-state index contributed by atoms with van der Waals surface area (Å²) in [5.41, 5.74) is -0.554. The van der Waals surface area contributed by atoms with Crippen LogP contribution in [0.5, 0.6) is 5.75 Å². The van der Waals surface area contributed by atoms with Crippen molar-refractivity contribution in [1.82, 2.24) is 0 Å². The van der Waals surface area contributed by atoms with E-state index < -0.39 is 23.2 Å². The van der Waals surface area contributed by atoms with Crippen molar-refractivity contribution in [2.45, 2.75) is 6.92 Å². The van der Waals surface area contributed by atoms with E-state index in [1.54, 1.807) is 12.1 Å². The molecule has 0 aliphatic carbocycles. The van der Waals surface area contributed by atoms with Gasteiger partial charge in [0.2, 0.25) is 0 Å². The van der Waals surface area contributed by atoms with Gasteiger partial charge in [0.1, 0.15) is 29.6 Å². The second kappa shape index (κ2) is 8.08.